The third kappa shape index (κ3) is 9.46. The molecule has 2 aromatic rings. The molecule has 2 aliphatic rings. The van der Waals surface area contributed by atoms with Crippen molar-refractivity contribution in [3.05, 3.63) is 47.8 Å². The van der Waals surface area contributed by atoms with Crippen molar-refractivity contribution in [3.63, 3.8) is 0 Å². The molecule has 1 saturated carbocycles. The van der Waals surface area contributed by atoms with E-state index < -0.39 is 35.7 Å². The number of piperazine rings is 1. The van der Waals surface area contributed by atoms with Crippen LogP contribution >= 0.6 is 0 Å². The van der Waals surface area contributed by atoms with Gasteiger partial charge in [0.2, 0.25) is 5.91 Å². The second kappa shape index (κ2) is 15.3. The molecule has 3 atom stereocenters. The van der Waals surface area contributed by atoms with Crippen LogP contribution in [0.1, 0.15) is 88.3 Å². The standard InChI is InChI=1S/C33H45N5O7/c1-5-44-32(43)38-19-17-37(18-20-38)31(42)24(15-16-28(40)45-33(2,3)4)36-30(41)26-21-25(23-13-9-10-14-27(23)39)34-29(35-26)22-11-7-6-8-12-22/h6-8,11-12,21,23-24,27,39H,5,9-10,13-20H2,1-4H3,(H,36,41). The number of aromatic nitrogens is 2. The normalized spacial score (nSPS) is 19.4. The second-order valence-electron chi connectivity index (χ2n) is 12.5. The molecule has 2 heterocycles. The molecule has 1 aromatic heterocycles. The molecule has 2 fully saturated rings. The summed E-state index contributed by atoms with van der Waals surface area (Å²) in [7, 11) is 0. The Morgan fingerprint density at radius 2 is 1.67 bits per heavy atom. The van der Waals surface area contributed by atoms with Gasteiger partial charge < -0.3 is 29.7 Å². The lowest BCUT2D eigenvalue weighted by molar-refractivity contribution is -0.155. The number of hydrogen-bond donors (Lipinski definition) is 2. The van der Waals surface area contributed by atoms with E-state index in [4.69, 9.17) is 14.5 Å². The number of esters is 1. The first-order chi connectivity index (χ1) is 21.4. The van der Waals surface area contributed by atoms with E-state index in [0.717, 1.165) is 24.8 Å². The van der Waals surface area contributed by atoms with E-state index in [9.17, 15) is 24.3 Å². The molecule has 1 saturated heterocycles. The third-order valence-electron chi connectivity index (χ3n) is 7.90. The van der Waals surface area contributed by atoms with Gasteiger partial charge in [0, 0.05) is 44.1 Å². The Kier molecular flexibility index (Phi) is 11.5. The van der Waals surface area contributed by atoms with E-state index in [1.807, 2.05) is 30.3 Å². The largest absolute Gasteiger partial charge is 0.460 e. The van der Waals surface area contributed by atoms with Gasteiger partial charge in [-0.25, -0.2) is 14.8 Å². The maximum Gasteiger partial charge on any atom is 0.409 e. The molecule has 4 rings (SSSR count). The number of hydrogen-bond acceptors (Lipinski definition) is 9. The first kappa shape index (κ1) is 33.8. The Labute approximate surface area is 264 Å². The zero-order valence-corrected chi connectivity index (χ0v) is 26.7. The molecule has 3 unspecified atom stereocenters. The van der Waals surface area contributed by atoms with Crippen LogP contribution in [0.2, 0.25) is 0 Å². The van der Waals surface area contributed by atoms with Gasteiger partial charge in [-0.2, -0.15) is 0 Å². The minimum Gasteiger partial charge on any atom is -0.460 e. The smallest absolute Gasteiger partial charge is 0.409 e. The van der Waals surface area contributed by atoms with Crippen LogP contribution in [-0.2, 0) is 19.1 Å². The predicted molar refractivity (Wildman–Crippen MR) is 166 cm³/mol. The van der Waals surface area contributed by atoms with E-state index in [0.29, 0.717) is 17.9 Å². The number of aliphatic hydroxyl groups is 1. The lowest BCUT2D eigenvalue weighted by Crippen LogP contribution is -2.56. The van der Waals surface area contributed by atoms with E-state index >= 15 is 0 Å². The molecule has 0 radical (unpaired) electrons. The van der Waals surface area contributed by atoms with Gasteiger partial charge in [-0.15, -0.1) is 0 Å². The molecule has 12 heteroatoms. The highest BCUT2D eigenvalue weighted by atomic mass is 16.6. The zero-order chi connectivity index (χ0) is 32.6. The topological polar surface area (TPSA) is 151 Å². The highest BCUT2D eigenvalue weighted by Gasteiger charge is 2.33. The fourth-order valence-electron chi connectivity index (χ4n) is 5.63. The summed E-state index contributed by atoms with van der Waals surface area (Å²) in [5.41, 5.74) is 0.667. The van der Waals surface area contributed by atoms with Crippen molar-refractivity contribution >= 4 is 23.9 Å². The predicted octanol–water partition coefficient (Wildman–Crippen LogP) is 3.68. The van der Waals surface area contributed by atoms with E-state index in [2.05, 4.69) is 10.3 Å². The van der Waals surface area contributed by atoms with Crippen LogP contribution in [0.25, 0.3) is 11.4 Å². The molecule has 1 aromatic carbocycles. The van der Waals surface area contributed by atoms with Crippen molar-refractivity contribution in [2.24, 2.45) is 0 Å². The summed E-state index contributed by atoms with van der Waals surface area (Å²) in [5.74, 6) is -1.33. The molecule has 1 aliphatic carbocycles. The molecule has 0 bridgehead atoms. The minimum atomic E-state index is -1.04. The van der Waals surface area contributed by atoms with Gasteiger partial charge in [0.1, 0.15) is 17.3 Å². The molecule has 2 N–H and O–H groups in total. The number of nitrogens with zero attached hydrogens (tertiary/aromatic N) is 4. The molecular weight excluding hydrogens is 578 g/mol. The van der Waals surface area contributed by atoms with Gasteiger partial charge in [0.15, 0.2) is 5.82 Å². The number of rotatable bonds is 9. The van der Waals surface area contributed by atoms with Gasteiger partial charge in [0.25, 0.3) is 5.91 Å². The average Bonchev–Trinajstić information content (AvgIpc) is 3.02. The number of carbonyl (C=O) groups is 4. The number of benzene rings is 1. The van der Waals surface area contributed by atoms with Crippen LogP contribution in [0.5, 0.6) is 0 Å². The maximum absolute atomic E-state index is 13.8. The molecule has 3 amide bonds. The van der Waals surface area contributed by atoms with Crippen LogP contribution in [0.4, 0.5) is 4.79 Å². The summed E-state index contributed by atoms with van der Waals surface area (Å²) in [6.07, 6.45) is 2.18. The van der Waals surface area contributed by atoms with Crippen molar-refractivity contribution in [3.8, 4) is 11.4 Å². The SMILES string of the molecule is CCOC(=O)N1CCN(C(=O)C(CCC(=O)OC(C)(C)C)NC(=O)c2cc(C3CCCCC3O)nc(-c3ccccc3)n2)CC1. The maximum atomic E-state index is 13.8. The molecule has 12 nitrogen and oxygen atoms in total. The van der Waals surface area contributed by atoms with Crippen LogP contribution < -0.4 is 5.32 Å². The van der Waals surface area contributed by atoms with Crippen molar-refractivity contribution in [2.75, 3.05) is 32.8 Å². The zero-order valence-electron chi connectivity index (χ0n) is 26.7. The summed E-state index contributed by atoms with van der Waals surface area (Å²) in [6.45, 7) is 8.37. The van der Waals surface area contributed by atoms with E-state index in [1.165, 1.54) is 4.90 Å². The fraction of sp³-hybridized carbons (Fsp3) is 0.576. The van der Waals surface area contributed by atoms with E-state index in [-0.39, 0.29) is 63.1 Å². The number of ether oxygens (including phenoxy) is 2. The Hall–Kier alpha value is -4.06. The lowest BCUT2D eigenvalue weighted by Gasteiger charge is -2.36. The average molecular weight is 624 g/mol. The van der Waals surface area contributed by atoms with Crippen LogP contribution in [0.15, 0.2) is 36.4 Å². The Bertz CT molecular complexity index is 1340. The minimum absolute atomic E-state index is 0.0163. The molecular formula is C33H45N5O7. The van der Waals surface area contributed by atoms with E-state index in [1.54, 1.807) is 38.7 Å². The number of nitrogens with one attached hydrogen (secondary N) is 1. The van der Waals surface area contributed by atoms with Gasteiger partial charge >= 0.3 is 12.1 Å². The van der Waals surface area contributed by atoms with Gasteiger partial charge in [-0.05, 0) is 53.0 Å². The summed E-state index contributed by atoms with van der Waals surface area (Å²) in [5, 5.41) is 13.6. The summed E-state index contributed by atoms with van der Waals surface area (Å²) >= 11 is 0. The van der Waals surface area contributed by atoms with Gasteiger partial charge in [-0.3, -0.25) is 14.4 Å². The van der Waals surface area contributed by atoms with Crippen molar-refractivity contribution in [1.29, 1.82) is 0 Å². The number of carbonyl (C=O) groups excluding carboxylic acids is 4. The van der Waals surface area contributed by atoms with Gasteiger partial charge in [0.05, 0.1) is 18.4 Å². The quantitative estimate of drug-likeness (QED) is 0.399. The Morgan fingerprint density at radius 1 is 1.00 bits per heavy atom. The number of aliphatic hydroxyl groups excluding tert-OH is 1. The molecule has 45 heavy (non-hydrogen) atoms. The van der Waals surface area contributed by atoms with Gasteiger partial charge in [-0.1, -0.05) is 43.2 Å². The van der Waals surface area contributed by atoms with Crippen molar-refractivity contribution in [2.45, 2.75) is 89.9 Å². The highest BCUT2D eigenvalue weighted by Crippen LogP contribution is 2.33. The molecule has 1 aliphatic heterocycles. The summed E-state index contributed by atoms with van der Waals surface area (Å²) in [4.78, 5) is 64.7. The summed E-state index contributed by atoms with van der Waals surface area (Å²) < 4.78 is 10.5. The number of amides is 3. The molecule has 244 valence electrons. The Balaban J connectivity index is 1.58. The fourth-order valence-corrected chi connectivity index (χ4v) is 5.63. The van der Waals surface area contributed by atoms with Crippen molar-refractivity contribution in [1.82, 2.24) is 25.1 Å². The Morgan fingerprint density at radius 3 is 2.31 bits per heavy atom. The highest BCUT2D eigenvalue weighted by molar-refractivity contribution is 5.96. The third-order valence-corrected chi connectivity index (χ3v) is 7.90. The second-order valence-corrected chi connectivity index (χ2v) is 12.5. The first-order valence-electron chi connectivity index (χ1n) is 15.8. The van der Waals surface area contributed by atoms with Crippen LogP contribution in [0.3, 0.4) is 0 Å². The van der Waals surface area contributed by atoms with Crippen LogP contribution in [-0.4, -0.2) is 99.3 Å². The lowest BCUT2D eigenvalue weighted by atomic mass is 9.84. The first-order valence-corrected chi connectivity index (χ1v) is 15.8. The van der Waals surface area contributed by atoms with Crippen LogP contribution in [0, 0.1) is 0 Å². The van der Waals surface area contributed by atoms with Crippen molar-refractivity contribution < 1.29 is 33.8 Å². The monoisotopic (exact) mass is 623 g/mol. The summed E-state index contributed by atoms with van der Waals surface area (Å²) in [6, 6.07) is 9.83. The molecule has 0 spiro atoms.